The molecule has 2 amide bonds. The molecule has 1 saturated heterocycles. The van der Waals surface area contributed by atoms with Crippen molar-refractivity contribution in [3.63, 3.8) is 0 Å². The molecule has 0 spiro atoms. The van der Waals surface area contributed by atoms with Crippen LogP contribution in [0.2, 0.25) is 5.02 Å². The van der Waals surface area contributed by atoms with Gasteiger partial charge in [0.25, 0.3) is 11.1 Å². The number of thioether (sulfide) groups is 1. The number of ether oxygens (including phenoxy) is 2. The minimum absolute atomic E-state index is 0.0205. The molecule has 0 aliphatic carbocycles. The Labute approximate surface area is 202 Å². The molecule has 0 N–H and O–H groups in total. The van der Waals surface area contributed by atoms with Crippen LogP contribution in [0.15, 0.2) is 59.5 Å². The number of benzene rings is 3. The van der Waals surface area contributed by atoms with Gasteiger partial charge in [-0.05, 0) is 65.2 Å². The van der Waals surface area contributed by atoms with Gasteiger partial charge < -0.3 is 9.47 Å². The zero-order valence-corrected chi connectivity index (χ0v) is 20.2. The molecule has 0 aromatic heterocycles. The lowest BCUT2D eigenvalue weighted by Crippen LogP contribution is -2.27. The second-order valence-electron chi connectivity index (χ2n) is 7.78. The average Bonchev–Trinajstić information content (AvgIpc) is 3.07. The fourth-order valence-electron chi connectivity index (χ4n) is 3.61. The summed E-state index contributed by atoms with van der Waals surface area (Å²) in [6, 6.07) is 17.3. The molecule has 1 atom stereocenters. The van der Waals surface area contributed by atoms with E-state index in [2.05, 4.69) is 0 Å². The van der Waals surface area contributed by atoms with Gasteiger partial charge in [0.15, 0.2) is 11.5 Å². The predicted molar refractivity (Wildman–Crippen MR) is 134 cm³/mol. The van der Waals surface area contributed by atoms with Crippen LogP contribution in [0.4, 0.5) is 4.79 Å². The quantitative estimate of drug-likeness (QED) is 0.343. The number of fused-ring (bicyclic) bond motifs is 1. The number of rotatable bonds is 7. The summed E-state index contributed by atoms with van der Waals surface area (Å²) in [5, 5.41) is 2.18. The number of halogens is 1. The number of imide groups is 1. The molecule has 170 valence electrons. The van der Waals surface area contributed by atoms with Crippen molar-refractivity contribution in [1.29, 1.82) is 0 Å². The van der Waals surface area contributed by atoms with Gasteiger partial charge >= 0.3 is 0 Å². The summed E-state index contributed by atoms with van der Waals surface area (Å²) in [5.41, 5.74) is 1.58. The summed E-state index contributed by atoms with van der Waals surface area (Å²) in [6.45, 7) is 4.19. The lowest BCUT2D eigenvalue weighted by atomic mass is 10.0. The summed E-state index contributed by atoms with van der Waals surface area (Å²) in [5.74, 6) is 0.617. The minimum atomic E-state index is -0.326. The molecule has 0 radical (unpaired) electrons. The molecule has 33 heavy (non-hydrogen) atoms. The fraction of sp³-hybridized carbons (Fsp3) is 0.231. The Morgan fingerprint density at radius 3 is 2.64 bits per heavy atom. The van der Waals surface area contributed by atoms with E-state index in [1.807, 2.05) is 56.3 Å². The largest absolute Gasteiger partial charge is 0.493 e. The molecule has 1 aliphatic rings. The lowest BCUT2D eigenvalue weighted by molar-refractivity contribution is -0.123. The van der Waals surface area contributed by atoms with Crippen LogP contribution in [0.1, 0.15) is 31.4 Å². The van der Waals surface area contributed by atoms with Crippen LogP contribution in [-0.4, -0.2) is 29.3 Å². The van der Waals surface area contributed by atoms with Crippen LogP contribution in [-0.2, 0) is 11.3 Å². The molecule has 7 heteroatoms. The average molecular weight is 482 g/mol. The predicted octanol–water partition coefficient (Wildman–Crippen LogP) is 6.92. The van der Waals surface area contributed by atoms with E-state index in [9.17, 15) is 9.59 Å². The molecule has 0 saturated carbocycles. The van der Waals surface area contributed by atoms with Gasteiger partial charge in [-0.25, -0.2) is 0 Å². The number of amides is 2. The van der Waals surface area contributed by atoms with Crippen molar-refractivity contribution in [2.24, 2.45) is 0 Å². The van der Waals surface area contributed by atoms with Gasteiger partial charge in [-0.2, -0.15) is 0 Å². The van der Waals surface area contributed by atoms with Gasteiger partial charge in [0, 0.05) is 0 Å². The molecule has 1 heterocycles. The molecular formula is C26H24ClNO4S. The van der Waals surface area contributed by atoms with Crippen molar-refractivity contribution < 1.29 is 19.1 Å². The molecule has 1 fully saturated rings. The summed E-state index contributed by atoms with van der Waals surface area (Å²) in [6.07, 6.45) is 2.47. The molecule has 1 unspecified atom stereocenters. The fourth-order valence-corrected chi connectivity index (χ4v) is 4.71. The van der Waals surface area contributed by atoms with Crippen molar-refractivity contribution >= 4 is 51.4 Å². The highest BCUT2D eigenvalue weighted by molar-refractivity contribution is 8.18. The maximum atomic E-state index is 13.1. The topological polar surface area (TPSA) is 55.8 Å². The first-order chi connectivity index (χ1) is 15.9. The second-order valence-corrected chi connectivity index (χ2v) is 9.18. The Morgan fingerprint density at radius 2 is 1.88 bits per heavy atom. The number of carbonyl (C=O) groups excluding carboxylic acids is 2. The third-order valence-corrected chi connectivity index (χ3v) is 6.71. The summed E-state index contributed by atoms with van der Waals surface area (Å²) >= 11 is 7.38. The number of methoxy groups -OCH3 is 1. The van der Waals surface area contributed by atoms with Gasteiger partial charge in [0.2, 0.25) is 0 Å². The van der Waals surface area contributed by atoms with Crippen molar-refractivity contribution in [1.82, 2.24) is 4.90 Å². The van der Waals surface area contributed by atoms with Crippen LogP contribution in [0.3, 0.4) is 0 Å². The van der Waals surface area contributed by atoms with Crippen LogP contribution in [0.25, 0.3) is 16.8 Å². The van der Waals surface area contributed by atoms with E-state index >= 15 is 0 Å². The Hall–Kier alpha value is -2.96. The van der Waals surface area contributed by atoms with Crippen molar-refractivity contribution in [2.75, 3.05) is 7.11 Å². The number of nitrogens with zero attached hydrogens (tertiary/aromatic N) is 1. The number of hydrogen-bond donors (Lipinski definition) is 0. The smallest absolute Gasteiger partial charge is 0.293 e. The van der Waals surface area contributed by atoms with E-state index in [1.165, 1.54) is 12.0 Å². The third kappa shape index (κ3) is 4.87. The molecule has 0 bridgehead atoms. The van der Waals surface area contributed by atoms with E-state index in [0.717, 1.165) is 34.5 Å². The van der Waals surface area contributed by atoms with Gasteiger partial charge in [0.05, 0.1) is 29.7 Å². The van der Waals surface area contributed by atoms with E-state index < -0.39 is 0 Å². The highest BCUT2D eigenvalue weighted by Crippen LogP contribution is 2.40. The van der Waals surface area contributed by atoms with E-state index in [4.69, 9.17) is 21.1 Å². The first-order valence-corrected chi connectivity index (χ1v) is 11.9. The zero-order chi connectivity index (χ0) is 23.5. The molecule has 3 aromatic rings. The van der Waals surface area contributed by atoms with E-state index in [0.29, 0.717) is 27.0 Å². The number of carbonyl (C=O) groups is 2. The first kappa shape index (κ1) is 23.2. The molecule has 5 nitrogen and oxygen atoms in total. The van der Waals surface area contributed by atoms with Gasteiger partial charge in [-0.1, -0.05) is 61.0 Å². The Kier molecular flexibility index (Phi) is 6.96. The third-order valence-electron chi connectivity index (χ3n) is 5.53. The summed E-state index contributed by atoms with van der Waals surface area (Å²) < 4.78 is 11.3. The van der Waals surface area contributed by atoms with Gasteiger partial charge in [0.1, 0.15) is 0 Å². The molecular weight excluding hydrogens is 458 g/mol. The van der Waals surface area contributed by atoms with Gasteiger partial charge in [-0.15, -0.1) is 0 Å². The second kappa shape index (κ2) is 9.89. The number of hydrogen-bond acceptors (Lipinski definition) is 5. The molecule has 3 aromatic carbocycles. The van der Waals surface area contributed by atoms with Crippen molar-refractivity contribution in [3.8, 4) is 11.5 Å². The summed E-state index contributed by atoms with van der Waals surface area (Å²) in [4.78, 5) is 27.4. The highest BCUT2D eigenvalue weighted by atomic mass is 35.5. The van der Waals surface area contributed by atoms with Crippen molar-refractivity contribution in [3.05, 3.63) is 75.7 Å². The lowest BCUT2D eigenvalue weighted by Gasteiger charge is -2.17. The Bertz CT molecular complexity index is 1250. The van der Waals surface area contributed by atoms with E-state index in [1.54, 1.807) is 18.2 Å². The van der Waals surface area contributed by atoms with Crippen LogP contribution < -0.4 is 9.47 Å². The monoisotopic (exact) mass is 481 g/mol. The SMILES string of the molecule is CCC(C)Oc1c(Cl)cc(/C=C2/SC(=O)N(Cc3cccc4ccccc34)C2=O)cc1OC. The maximum Gasteiger partial charge on any atom is 0.293 e. The first-order valence-electron chi connectivity index (χ1n) is 10.7. The Morgan fingerprint density at radius 1 is 1.12 bits per heavy atom. The maximum absolute atomic E-state index is 13.1. The summed E-state index contributed by atoms with van der Waals surface area (Å²) in [7, 11) is 1.54. The van der Waals surface area contributed by atoms with Crippen LogP contribution in [0, 0.1) is 0 Å². The molecule has 1 aliphatic heterocycles. The Balaban J connectivity index is 1.61. The molecule has 4 rings (SSSR count). The standard InChI is InChI=1S/C26H24ClNO4S/c1-4-16(2)32-24-21(27)12-17(13-22(24)31-3)14-23-25(29)28(26(30)33-23)15-19-10-7-9-18-8-5-6-11-20(18)19/h5-14,16H,4,15H2,1-3H3/b23-14+. The highest BCUT2D eigenvalue weighted by Gasteiger charge is 2.35. The van der Waals surface area contributed by atoms with E-state index in [-0.39, 0.29) is 23.8 Å². The minimum Gasteiger partial charge on any atom is -0.493 e. The van der Waals surface area contributed by atoms with Crippen LogP contribution >= 0.6 is 23.4 Å². The zero-order valence-electron chi connectivity index (χ0n) is 18.6. The normalized spacial score (nSPS) is 16.0. The van der Waals surface area contributed by atoms with Crippen LogP contribution in [0.5, 0.6) is 11.5 Å². The van der Waals surface area contributed by atoms with Crippen molar-refractivity contribution in [2.45, 2.75) is 32.9 Å². The van der Waals surface area contributed by atoms with Gasteiger partial charge in [-0.3, -0.25) is 14.5 Å².